The number of unbranched alkanes of at least 4 members (excludes halogenated alkanes) is 3. The van der Waals surface area contributed by atoms with Crippen LogP contribution in [0.1, 0.15) is 31.2 Å². The number of hydrogen-bond donors (Lipinski definition) is 1. The highest BCUT2D eigenvalue weighted by Gasteiger charge is 1.93. The molecule has 0 amide bonds. The first-order valence-corrected chi connectivity index (χ1v) is 5.59. The maximum Gasteiger partial charge on any atom is 0.0519 e. The molecule has 0 aromatic carbocycles. The van der Waals surface area contributed by atoms with Crippen molar-refractivity contribution >= 4 is 15.9 Å². The Bertz CT molecular complexity index is 184. The number of aryl methyl sites for hydroxylation is 1. The van der Waals surface area contributed by atoms with E-state index >= 15 is 0 Å². The van der Waals surface area contributed by atoms with Crippen molar-refractivity contribution in [3.63, 3.8) is 0 Å². The van der Waals surface area contributed by atoms with Gasteiger partial charge >= 0.3 is 0 Å². The quantitative estimate of drug-likeness (QED) is 0.591. The molecule has 3 heteroatoms. The molecule has 1 heterocycles. The molecule has 0 saturated heterocycles. The molecule has 0 aliphatic heterocycles. The van der Waals surface area contributed by atoms with Gasteiger partial charge in [-0.2, -0.15) is 5.10 Å². The number of nitrogens with zero attached hydrogens (tertiary/aromatic N) is 1. The molecule has 1 rings (SSSR count). The van der Waals surface area contributed by atoms with Gasteiger partial charge in [-0.3, -0.25) is 5.10 Å². The number of halogens is 1. The second kappa shape index (κ2) is 6.23. The molecule has 1 aromatic heterocycles. The number of hydrogen-bond acceptors (Lipinski definition) is 1. The van der Waals surface area contributed by atoms with Crippen molar-refractivity contribution in [1.29, 1.82) is 0 Å². The second-order valence-electron chi connectivity index (χ2n) is 2.96. The Labute approximate surface area is 81.9 Å². The molecule has 0 fully saturated rings. The summed E-state index contributed by atoms with van der Waals surface area (Å²) >= 11 is 3.43. The van der Waals surface area contributed by atoms with Crippen LogP contribution in [0.4, 0.5) is 0 Å². The minimum Gasteiger partial charge on any atom is -0.285 e. The van der Waals surface area contributed by atoms with Crippen LogP contribution >= 0.6 is 15.9 Å². The van der Waals surface area contributed by atoms with Gasteiger partial charge in [0.25, 0.3) is 0 Å². The van der Waals surface area contributed by atoms with Gasteiger partial charge in [0.1, 0.15) is 0 Å². The lowest BCUT2D eigenvalue weighted by molar-refractivity contribution is 0.672. The zero-order valence-corrected chi connectivity index (χ0v) is 8.81. The van der Waals surface area contributed by atoms with Crippen molar-refractivity contribution < 1.29 is 0 Å². The summed E-state index contributed by atoms with van der Waals surface area (Å²) in [5.41, 5.74) is 1.33. The van der Waals surface area contributed by atoms with Gasteiger partial charge in [-0.15, -0.1) is 0 Å². The van der Waals surface area contributed by atoms with Crippen molar-refractivity contribution in [3.8, 4) is 0 Å². The lowest BCUT2D eigenvalue weighted by Gasteiger charge is -1.96. The lowest BCUT2D eigenvalue weighted by Crippen LogP contribution is -1.83. The Balaban J connectivity index is 1.96. The Hall–Kier alpha value is -0.310. The summed E-state index contributed by atoms with van der Waals surface area (Å²) in [7, 11) is 0. The predicted molar refractivity (Wildman–Crippen MR) is 54.6 cm³/mol. The van der Waals surface area contributed by atoms with Crippen LogP contribution in [-0.2, 0) is 6.42 Å². The Kier molecular flexibility index (Phi) is 5.08. The van der Waals surface area contributed by atoms with Crippen LogP contribution in [-0.4, -0.2) is 15.5 Å². The highest BCUT2D eigenvalue weighted by Crippen LogP contribution is 2.06. The van der Waals surface area contributed by atoms with Crippen LogP contribution in [0, 0.1) is 0 Å². The van der Waals surface area contributed by atoms with Crippen molar-refractivity contribution in [2.24, 2.45) is 0 Å². The molecular weight excluding hydrogens is 216 g/mol. The fraction of sp³-hybridized carbons (Fsp3) is 0.667. The number of rotatable bonds is 6. The van der Waals surface area contributed by atoms with E-state index in [9.17, 15) is 0 Å². The smallest absolute Gasteiger partial charge is 0.0519 e. The maximum atomic E-state index is 3.90. The Morgan fingerprint density at radius 3 is 2.75 bits per heavy atom. The average Bonchev–Trinajstić information content (AvgIpc) is 2.57. The normalized spacial score (nSPS) is 10.4. The SMILES string of the molecule is BrCCCCCCc1cn[nH]c1. The molecule has 0 spiro atoms. The second-order valence-corrected chi connectivity index (χ2v) is 3.75. The molecule has 0 saturated carbocycles. The van der Waals surface area contributed by atoms with E-state index in [4.69, 9.17) is 0 Å². The van der Waals surface area contributed by atoms with Crippen LogP contribution < -0.4 is 0 Å². The van der Waals surface area contributed by atoms with Crippen LogP contribution in [0.5, 0.6) is 0 Å². The molecule has 0 bridgehead atoms. The topological polar surface area (TPSA) is 28.7 Å². The van der Waals surface area contributed by atoms with Gasteiger partial charge in [0.05, 0.1) is 6.20 Å². The zero-order valence-electron chi connectivity index (χ0n) is 7.22. The zero-order chi connectivity index (χ0) is 8.65. The first kappa shape index (κ1) is 9.78. The third-order valence-electron chi connectivity index (χ3n) is 1.90. The highest BCUT2D eigenvalue weighted by atomic mass is 79.9. The van der Waals surface area contributed by atoms with E-state index in [2.05, 4.69) is 26.1 Å². The summed E-state index contributed by atoms with van der Waals surface area (Å²) < 4.78 is 0. The molecular formula is C9H15BrN2. The van der Waals surface area contributed by atoms with E-state index in [-0.39, 0.29) is 0 Å². The van der Waals surface area contributed by atoms with Gasteiger partial charge in [-0.1, -0.05) is 28.8 Å². The summed E-state index contributed by atoms with van der Waals surface area (Å²) in [5.74, 6) is 0. The van der Waals surface area contributed by atoms with E-state index in [0.717, 1.165) is 5.33 Å². The molecule has 0 aliphatic carbocycles. The molecule has 12 heavy (non-hydrogen) atoms. The van der Waals surface area contributed by atoms with Crippen molar-refractivity contribution in [2.45, 2.75) is 32.1 Å². The van der Waals surface area contributed by atoms with Gasteiger partial charge in [0.2, 0.25) is 0 Å². The highest BCUT2D eigenvalue weighted by molar-refractivity contribution is 9.09. The van der Waals surface area contributed by atoms with Crippen LogP contribution in [0.25, 0.3) is 0 Å². The third kappa shape index (κ3) is 3.90. The molecule has 0 unspecified atom stereocenters. The molecule has 0 radical (unpaired) electrons. The van der Waals surface area contributed by atoms with Crippen molar-refractivity contribution in [2.75, 3.05) is 5.33 Å². The number of H-pyrrole nitrogens is 1. The number of aromatic amines is 1. The maximum absolute atomic E-state index is 3.90. The number of nitrogens with one attached hydrogen (secondary N) is 1. The molecule has 1 aromatic rings. The van der Waals surface area contributed by atoms with Crippen LogP contribution in [0.2, 0.25) is 0 Å². The van der Waals surface area contributed by atoms with E-state index in [1.165, 1.54) is 37.7 Å². The van der Waals surface area contributed by atoms with Crippen molar-refractivity contribution in [3.05, 3.63) is 18.0 Å². The number of alkyl halides is 1. The Morgan fingerprint density at radius 2 is 2.08 bits per heavy atom. The van der Waals surface area contributed by atoms with Gasteiger partial charge < -0.3 is 0 Å². The molecule has 0 atom stereocenters. The van der Waals surface area contributed by atoms with E-state index < -0.39 is 0 Å². The van der Waals surface area contributed by atoms with Gasteiger partial charge in [0, 0.05) is 11.5 Å². The third-order valence-corrected chi connectivity index (χ3v) is 2.46. The molecule has 68 valence electrons. The first-order valence-electron chi connectivity index (χ1n) is 4.47. The number of aromatic nitrogens is 2. The van der Waals surface area contributed by atoms with E-state index in [1.54, 1.807) is 0 Å². The molecule has 1 N–H and O–H groups in total. The summed E-state index contributed by atoms with van der Waals surface area (Å²) in [5, 5.41) is 7.87. The monoisotopic (exact) mass is 230 g/mol. The summed E-state index contributed by atoms with van der Waals surface area (Å²) in [6.07, 6.45) is 10.3. The minimum atomic E-state index is 1.14. The fourth-order valence-corrected chi connectivity index (χ4v) is 1.59. The van der Waals surface area contributed by atoms with Gasteiger partial charge in [-0.25, -0.2) is 0 Å². The van der Waals surface area contributed by atoms with E-state index in [1.807, 2.05) is 12.4 Å². The average molecular weight is 231 g/mol. The van der Waals surface area contributed by atoms with Crippen LogP contribution in [0.15, 0.2) is 12.4 Å². The fourth-order valence-electron chi connectivity index (χ4n) is 1.19. The standard InChI is InChI=1S/C9H15BrN2/c10-6-4-2-1-3-5-9-7-11-12-8-9/h7-8H,1-6H2,(H,11,12). The first-order chi connectivity index (χ1) is 5.93. The van der Waals surface area contributed by atoms with Gasteiger partial charge in [0.15, 0.2) is 0 Å². The summed E-state index contributed by atoms with van der Waals surface area (Å²) in [6, 6.07) is 0. The predicted octanol–water partition coefficient (Wildman–Crippen LogP) is 2.91. The Morgan fingerprint density at radius 1 is 1.25 bits per heavy atom. The lowest BCUT2D eigenvalue weighted by atomic mass is 10.1. The van der Waals surface area contributed by atoms with Gasteiger partial charge in [-0.05, 0) is 24.8 Å². The van der Waals surface area contributed by atoms with E-state index in [0.29, 0.717) is 0 Å². The largest absolute Gasteiger partial charge is 0.285 e. The minimum absolute atomic E-state index is 1.14. The van der Waals surface area contributed by atoms with Crippen molar-refractivity contribution in [1.82, 2.24) is 10.2 Å². The summed E-state index contributed by atoms with van der Waals surface area (Å²) in [6.45, 7) is 0. The van der Waals surface area contributed by atoms with Crippen LogP contribution in [0.3, 0.4) is 0 Å². The molecule has 0 aliphatic rings. The summed E-state index contributed by atoms with van der Waals surface area (Å²) in [4.78, 5) is 0. The molecule has 2 nitrogen and oxygen atoms in total.